The molecule has 1 rings (SSSR count). The molecule has 0 aliphatic heterocycles. The van der Waals surface area contributed by atoms with Gasteiger partial charge >= 0.3 is 6.09 Å². The largest absolute Gasteiger partial charge is 0.445 e. The summed E-state index contributed by atoms with van der Waals surface area (Å²) in [6.07, 6.45) is -0.700. The van der Waals surface area contributed by atoms with E-state index in [0.29, 0.717) is 0 Å². The molecule has 0 spiro atoms. The van der Waals surface area contributed by atoms with Crippen molar-refractivity contribution in [2.24, 2.45) is 11.7 Å². The first-order chi connectivity index (χ1) is 10.8. The van der Waals surface area contributed by atoms with Crippen LogP contribution >= 0.6 is 0 Å². The van der Waals surface area contributed by atoms with Crippen molar-refractivity contribution in [1.29, 1.82) is 0 Å². The zero-order chi connectivity index (χ0) is 17.4. The van der Waals surface area contributed by atoms with E-state index < -0.39 is 30.0 Å². The highest BCUT2D eigenvalue weighted by Crippen LogP contribution is 2.05. The first kappa shape index (κ1) is 18.5. The van der Waals surface area contributed by atoms with Gasteiger partial charge in [-0.15, -0.1) is 0 Å². The van der Waals surface area contributed by atoms with E-state index in [0.717, 1.165) is 5.56 Å². The van der Waals surface area contributed by atoms with Gasteiger partial charge in [-0.3, -0.25) is 9.59 Å². The maximum atomic E-state index is 12.1. The lowest BCUT2D eigenvalue weighted by Gasteiger charge is -2.22. The highest BCUT2D eigenvalue weighted by atomic mass is 16.5. The Kier molecular flexibility index (Phi) is 7.05. The molecule has 1 aromatic carbocycles. The number of carbonyl (C=O) groups is 3. The van der Waals surface area contributed by atoms with Crippen LogP contribution in [0.15, 0.2) is 30.3 Å². The average molecular weight is 321 g/mol. The lowest BCUT2D eigenvalue weighted by atomic mass is 10.0. The van der Waals surface area contributed by atoms with E-state index in [2.05, 4.69) is 10.6 Å². The summed E-state index contributed by atoms with van der Waals surface area (Å²) in [5.41, 5.74) is 5.95. The molecule has 4 N–H and O–H groups in total. The van der Waals surface area contributed by atoms with Gasteiger partial charge in [-0.05, 0) is 18.4 Å². The van der Waals surface area contributed by atoms with Crippen LogP contribution in [0.3, 0.4) is 0 Å². The van der Waals surface area contributed by atoms with Crippen LogP contribution in [0.1, 0.15) is 26.3 Å². The second-order valence-corrected chi connectivity index (χ2v) is 5.56. The summed E-state index contributed by atoms with van der Waals surface area (Å²) in [7, 11) is 0. The zero-order valence-electron chi connectivity index (χ0n) is 13.5. The average Bonchev–Trinajstić information content (AvgIpc) is 2.51. The van der Waals surface area contributed by atoms with E-state index in [9.17, 15) is 14.4 Å². The van der Waals surface area contributed by atoms with Crippen molar-refractivity contribution < 1.29 is 19.1 Å². The molecule has 0 saturated heterocycles. The van der Waals surface area contributed by atoms with Crippen molar-refractivity contribution >= 4 is 17.9 Å². The van der Waals surface area contributed by atoms with Gasteiger partial charge in [-0.2, -0.15) is 0 Å². The van der Waals surface area contributed by atoms with Crippen molar-refractivity contribution in [3.63, 3.8) is 0 Å². The second-order valence-electron chi connectivity index (χ2n) is 5.56. The molecular weight excluding hydrogens is 298 g/mol. The molecule has 126 valence electrons. The molecule has 0 aliphatic carbocycles. The van der Waals surface area contributed by atoms with Gasteiger partial charge in [-0.1, -0.05) is 44.2 Å². The number of benzene rings is 1. The first-order valence-corrected chi connectivity index (χ1v) is 7.38. The fraction of sp³-hybridized carbons (Fsp3) is 0.438. The van der Waals surface area contributed by atoms with Gasteiger partial charge in [0, 0.05) is 0 Å². The van der Waals surface area contributed by atoms with E-state index in [-0.39, 0.29) is 12.5 Å². The molecule has 1 aromatic rings. The molecule has 0 saturated carbocycles. The minimum atomic E-state index is -0.819. The fourth-order valence-electron chi connectivity index (χ4n) is 1.80. The standard InChI is InChI=1S/C16H23N3O4/c1-10(2)13(15(21)18-11(3)14(17)20)19-16(22)23-9-12-7-5-4-6-8-12/h4-8,10-11,13H,9H2,1-3H3,(H2,17,20)(H,18,21)(H,19,22)/t11-,13-/m1/s1. The third-order valence-corrected chi connectivity index (χ3v) is 3.22. The number of alkyl carbamates (subject to hydrolysis) is 1. The van der Waals surface area contributed by atoms with Crippen molar-refractivity contribution in [1.82, 2.24) is 10.6 Å². The molecule has 0 heterocycles. The third kappa shape index (κ3) is 6.37. The summed E-state index contributed by atoms with van der Waals surface area (Å²) in [6.45, 7) is 5.13. The molecule has 23 heavy (non-hydrogen) atoms. The van der Waals surface area contributed by atoms with Gasteiger partial charge < -0.3 is 21.1 Å². The molecule has 7 nitrogen and oxygen atoms in total. The Morgan fingerprint density at radius 1 is 1.09 bits per heavy atom. The van der Waals surface area contributed by atoms with Crippen LogP contribution in [-0.4, -0.2) is 30.0 Å². The van der Waals surface area contributed by atoms with Crippen molar-refractivity contribution in [3.05, 3.63) is 35.9 Å². The summed E-state index contributed by atoms with van der Waals surface area (Å²) >= 11 is 0. The number of ether oxygens (including phenoxy) is 1. The SMILES string of the molecule is CC(C)[C@@H](NC(=O)OCc1ccccc1)C(=O)N[C@H](C)C(N)=O. The number of carbonyl (C=O) groups excluding carboxylic acids is 3. The Morgan fingerprint density at radius 3 is 2.22 bits per heavy atom. The molecule has 0 unspecified atom stereocenters. The fourth-order valence-corrected chi connectivity index (χ4v) is 1.80. The Labute approximate surface area is 135 Å². The van der Waals surface area contributed by atoms with Crippen molar-refractivity contribution in [3.8, 4) is 0 Å². The molecule has 0 aliphatic rings. The predicted molar refractivity (Wildman–Crippen MR) is 85.2 cm³/mol. The lowest BCUT2D eigenvalue weighted by molar-refractivity contribution is -0.128. The minimum Gasteiger partial charge on any atom is -0.445 e. The second kappa shape index (κ2) is 8.77. The van der Waals surface area contributed by atoms with Gasteiger partial charge in [0.05, 0.1) is 0 Å². The van der Waals surface area contributed by atoms with Crippen LogP contribution in [-0.2, 0) is 20.9 Å². The quantitative estimate of drug-likeness (QED) is 0.693. The van der Waals surface area contributed by atoms with Crippen LogP contribution in [0.25, 0.3) is 0 Å². The molecule has 2 atom stereocenters. The number of primary amides is 1. The van der Waals surface area contributed by atoms with Crippen LogP contribution in [0.4, 0.5) is 4.79 Å². The zero-order valence-corrected chi connectivity index (χ0v) is 13.5. The summed E-state index contributed by atoms with van der Waals surface area (Å²) in [6, 6.07) is 7.56. The molecule has 0 bridgehead atoms. The summed E-state index contributed by atoms with van der Waals surface area (Å²) in [5.74, 6) is -1.31. The van der Waals surface area contributed by atoms with Crippen molar-refractivity contribution in [2.45, 2.75) is 39.5 Å². The number of nitrogens with one attached hydrogen (secondary N) is 2. The van der Waals surface area contributed by atoms with Crippen LogP contribution in [0.2, 0.25) is 0 Å². The summed E-state index contributed by atoms with van der Waals surface area (Å²) in [4.78, 5) is 35.0. The van der Waals surface area contributed by atoms with E-state index >= 15 is 0 Å². The van der Waals surface area contributed by atoms with Gasteiger partial charge in [-0.25, -0.2) is 4.79 Å². The Bertz CT molecular complexity index is 546. The van der Waals surface area contributed by atoms with Gasteiger partial charge in [0.2, 0.25) is 11.8 Å². The molecule has 0 aromatic heterocycles. The first-order valence-electron chi connectivity index (χ1n) is 7.38. The Morgan fingerprint density at radius 2 is 1.70 bits per heavy atom. The molecule has 7 heteroatoms. The Hall–Kier alpha value is -2.57. The molecule has 3 amide bonds. The van der Waals surface area contributed by atoms with Crippen LogP contribution in [0.5, 0.6) is 0 Å². The Balaban J connectivity index is 2.56. The normalized spacial score (nSPS) is 13.0. The third-order valence-electron chi connectivity index (χ3n) is 3.22. The summed E-state index contributed by atoms with van der Waals surface area (Å²) < 4.78 is 5.09. The lowest BCUT2D eigenvalue weighted by Crippen LogP contribution is -2.54. The molecule has 0 fully saturated rings. The van der Waals surface area contributed by atoms with Crippen LogP contribution < -0.4 is 16.4 Å². The number of hydrogen-bond acceptors (Lipinski definition) is 4. The van der Waals surface area contributed by atoms with E-state index in [1.165, 1.54) is 6.92 Å². The number of hydrogen-bond donors (Lipinski definition) is 3. The highest BCUT2D eigenvalue weighted by Gasteiger charge is 2.26. The monoisotopic (exact) mass is 321 g/mol. The maximum absolute atomic E-state index is 12.1. The number of nitrogens with two attached hydrogens (primary N) is 1. The topological polar surface area (TPSA) is 111 Å². The molecular formula is C16H23N3O4. The van der Waals surface area contributed by atoms with Crippen molar-refractivity contribution in [2.75, 3.05) is 0 Å². The summed E-state index contributed by atoms with van der Waals surface area (Å²) in [5, 5.41) is 4.96. The van der Waals surface area contributed by atoms with E-state index in [4.69, 9.17) is 10.5 Å². The predicted octanol–water partition coefficient (Wildman–Crippen LogP) is 0.927. The highest BCUT2D eigenvalue weighted by molar-refractivity contribution is 5.90. The smallest absolute Gasteiger partial charge is 0.408 e. The number of amides is 3. The van der Waals surface area contributed by atoms with Gasteiger partial charge in [0.15, 0.2) is 0 Å². The van der Waals surface area contributed by atoms with E-state index in [1.54, 1.807) is 13.8 Å². The van der Waals surface area contributed by atoms with Crippen LogP contribution in [0, 0.1) is 5.92 Å². The van der Waals surface area contributed by atoms with Gasteiger partial charge in [0.1, 0.15) is 18.7 Å². The van der Waals surface area contributed by atoms with E-state index in [1.807, 2.05) is 30.3 Å². The maximum Gasteiger partial charge on any atom is 0.408 e. The number of rotatable bonds is 7. The minimum absolute atomic E-state index is 0.108. The van der Waals surface area contributed by atoms with Gasteiger partial charge in [0.25, 0.3) is 0 Å². The molecule has 0 radical (unpaired) electrons.